The van der Waals surface area contributed by atoms with Gasteiger partial charge in [-0.2, -0.15) is 0 Å². The van der Waals surface area contributed by atoms with Crippen molar-refractivity contribution < 1.29 is 4.74 Å². The highest BCUT2D eigenvalue weighted by Crippen LogP contribution is 2.37. The largest absolute Gasteiger partial charge is 0.496 e. The lowest BCUT2D eigenvalue weighted by atomic mass is 9.96. The Morgan fingerprint density at radius 2 is 1.78 bits per heavy atom. The third kappa shape index (κ3) is 2.85. The number of aromatic nitrogens is 4. The molecule has 2 N–H and O–H groups in total. The lowest BCUT2D eigenvalue weighted by Gasteiger charge is -2.16. The Kier molecular flexibility index (Phi) is 4.16. The molecule has 0 bridgehead atoms. The van der Waals surface area contributed by atoms with Crippen LogP contribution in [0.25, 0.3) is 33.4 Å². The normalized spacial score (nSPS) is 10.9. The highest BCUT2D eigenvalue weighted by Gasteiger charge is 2.18. The molecule has 0 unspecified atom stereocenters. The molecule has 3 aromatic heterocycles. The number of hydrogen-bond donors (Lipinski definition) is 1. The molecule has 27 heavy (non-hydrogen) atoms. The molecule has 1 aromatic carbocycles. The molecule has 0 aliphatic rings. The SMILES string of the molecule is COc1ccc(C)c(-c2nc(-c3ccncc3)cc3c(N)ncnc23)c1C. The van der Waals surface area contributed by atoms with Crippen LogP contribution in [0.1, 0.15) is 11.1 Å². The highest BCUT2D eigenvalue weighted by molar-refractivity contribution is 6.00. The van der Waals surface area contributed by atoms with Gasteiger partial charge in [0.2, 0.25) is 0 Å². The van der Waals surface area contributed by atoms with Gasteiger partial charge in [0.05, 0.1) is 18.5 Å². The summed E-state index contributed by atoms with van der Waals surface area (Å²) in [6.07, 6.45) is 4.96. The molecule has 0 atom stereocenters. The fourth-order valence-corrected chi connectivity index (χ4v) is 3.34. The summed E-state index contributed by atoms with van der Waals surface area (Å²) >= 11 is 0. The zero-order valence-corrected chi connectivity index (χ0v) is 15.4. The van der Waals surface area contributed by atoms with Crippen LogP contribution < -0.4 is 10.5 Å². The molecule has 0 aliphatic carbocycles. The van der Waals surface area contributed by atoms with Crippen LogP contribution in [-0.4, -0.2) is 27.0 Å². The summed E-state index contributed by atoms with van der Waals surface area (Å²) in [5, 5.41) is 0.774. The first kappa shape index (κ1) is 16.9. The first-order chi connectivity index (χ1) is 13.1. The molecule has 6 nitrogen and oxygen atoms in total. The van der Waals surface area contributed by atoms with E-state index in [-0.39, 0.29) is 0 Å². The summed E-state index contributed by atoms with van der Waals surface area (Å²) < 4.78 is 5.52. The van der Waals surface area contributed by atoms with Gasteiger partial charge in [0, 0.05) is 34.5 Å². The van der Waals surface area contributed by atoms with Crippen molar-refractivity contribution in [1.82, 2.24) is 19.9 Å². The number of nitrogens with two attached hydrogens (primary N) is 1. The van der Waals surface area contributed by atoms with Crippen molar-refractivity contribution in [3.8, 4) is 28.3 Å². The van der Waals surface area contributed by atoms with Crippen LogP contribution in [0, 0.1) is 13.8 Å². The van der Waals surface area contributed by atoms with E-state index in [0.29, 0.717) is 5.82 Å². The smallest absolute Gasteiger partial charge is 0.134 e. The van der Waals surface area contributed by atoms with Gasteiger partial charge in [-0.3, -0.25) is 4.98 Å². The maximum Gasteiger partial charge on any atom is 0.134 e. The monoisotopic (exact) mass is 357 g/mol. The standard InChI is InChI=1S/C21H19N5O/c1-12-4-5-17(27-3)13(2)18(12)20-19-15(21(22)25-11-24-19)10-16(26-20)14-6-8-23-9-7-14/h4-11H,1-3H3,(H2,22,24,25). The van der Waals surface area contributed by atoms with E-state index in [1.165, 1.54) is 6.33 Å². The molecular weight excluding hydrogens is 338 g/mol. The lowest BCUT2D eigenvalue weighted by molar-refractivity contribution is 0.412. The van der Waals surface area contributed by atoms with E-state index in [0.717, 1.165) is 50.3 Å². The second-order valence-electron chi connectivity index (χ2n) is 6.33. The lowest BCUT2D eigenvalue weighted by Crippen LogP contribution is -2.01. The predicted molar refractivity (Wildman–Crippen MR) is 106 cm³/mol. The van der Waals surface area contributed by atoms with Gasteiger partial charge in [-0.15, -0.1) is 0 Å². The molecule has 6 heteroatoms. The van der Waals surface area contributed by atoms with Crippen molar-refractivity contribution >= 4 is 16.7 Å². The molecular formula is C21H19N5O. The molecule has 3 heterocycles. The van der Waals surface area contributed by atoms with Crippen molar-refractivity contribution in [3.63, 3.8) is 0 Å². The molecule has 0 radical (unpaired) electrons. The van der Waals surface area contributed by atoms with E-state index in [9.17, 15) is 0 Å². The van der Waals surface area contributed by atoms with Crippen molar-refractivity contribution in [2.45, 2.75) is 13.8 Å². The average Bonchev–Trinajstić information content (AvgIpc) is 2.69. The maximum atomic E-state index is 6.17. The highest BCUT2D eigenvalue weighted by atomic mass is 16.5. The van der Waals surface area contributed by atoms with Gasteiger partial charge in [0.15, 0.2) is 0 Å². The molecule has 0 saturated carbocycles. The Morgan fingerprint density at radius 1 is 1.00 bits per heavy atom. The number of hydrogen-bond acceptors (Lipinski definition) is 6. The summed E-state index contributed by atoms with van der Waals surface area (Å²) in [5.74, 6) is 1.24. The minimum absolute atomic E-state index is 0.428. The number of benzene rings is 1. The summed E-state index contributed by atoms with van der Waals surface area (Å²) in [5.41, 5.74) is 12.5. The number of ether oxygens (including phenoxy) is 1. The van der Waals surface area contributed by atoms with Gasteiger partial charge in [0.1, 0.15) is 23.4 Å². The van der Waals surface area contributed by atoms with Crippen LogP contribution in [0.15, 0.2) is 49.1 Å². The average molecular weight is 357 g/mol. The van der Waals surface area contributed by atoms with E-state index in [1.54, 1.807) is 19.5 Å². The fourth-order valence-electron chi connectivity index (χ4n) is 3.34. The van der Waals surface area contributed by atoms with Crippen molar-refractivity contribution in [2.75, 3.05) is 12.8 Å². The van der Waals surface area contributed by atoms with Crippen LogP contribution in [0.2, 0.25) is 0 Å². The van der Waals surface area contributed by atoms with Crippen LogP contribution in [0.4, 0.5) is 5.82 Å². The molecule has 0 aliphatic heterocycles. The first-order valence-electron chi connectivity index (χ1n) is 8.56. The van der Waals surface area contributed by atoms with Crippen LogP contribution in [0.5, 0.6) is 5.75 Å². The van der Waals surface area contributed by atoms with E-state index < -0.39 is 0 Å². The van der Waals surface area contributed by atoms with Crippen molar-refractivity contribution in [3.05, 3.63) is 60.2 Å². The van der Waals surface area contributed by atoms with Gasteiger partial charge in [0.25, 0.3) is 0 Å². The fraction of sp³-hybridized carbons (Fsp3) is 0.143. The predicted octanol–water partition coefficient (Wildman–Crippen LogP) is 3.96. The molecule has 4 rings (SSSR count). The molecule has 0 saturated heterocycles. The van der Waals surface area contributed by atoms with Crippen molar-refractivity contribution in [1.29, 1.82) is 0 Å². The number of fused-ring (bicyclic) bond motifs is 1. The molecule has 0 amide bonds. The second-order valence-corrected chi connectivity index (χ2v) is 6.33. The van der Waals surface area contributed by atoms with Crippen molar-refractivity contribution in [2.24, 2.45) is 0 Å². The molecule has 134 valence electrons. The minimum atomic E-state index is 0.428. The zero-order valence-electron chi connectivity index (χ0n) is 15.4. The summed E-state index contributed by atoms with van der Waals surface area (Å²) in [6.45, 7) is 4.08. The van der Waals surface area contributed by atoms with Crippen LogP contribution in [-0.2, 0) is 0 Å². The number of rotatable bonds is 3. The number of pyridine rings is 2. The van der Waals surface area contributed by atoms with Gasteiger partial charge in [-0.1, -0.05) is 6.07 Å². The Bertz CT molecular complexity index is 1140. The molecule has 4 aromatic rings. The Balaban J connectivity index is 2.11. The number of nitrogen functional groups attached to an aromatic ring is 1. The maximum absolute atomic E-state index is 6.17. The number of anilines is 1. The first-order valence-corrected chi connectivity index (χ1v) is 8.56. The summed E-state index contributed by atoms with van der Waals surface area (Å²) in [4.78, 5) is 17.7. The summed E-state index contributed by atoms with van der Waals surface area (Å²) in [6, 6.07) is 9.76. The Labute approximate surface area is 157 Å². The molecule has 0 fully saturated rings. The van der Waals surface area contributed by atoms with Gasteiger partial charge < -0.3 is 10.5 Å². The zero-order chi connectivity index (χ0) is 19.0. The van der Waals surface area contributed by atoms with E-state index >= 15 is 0 Å². The van der Waals surface area contributed by atoms with E-state index in [1.807, 2.05) is 37.3 Å². The quantitative estimate of drug-likeness (QED) is 0.597. The van der Waals surface area contributed by atoms with E-state index in [4.69, 9.17) is 15.5 Å². The minimum Gasteiger partial charge on any atom is -0.496 e. The number of nitrogens with zero attached hydrogens (tertiary/aromatic N) is 4. The van der Waals surface area contributed by atoms with Crippen LogP contribution in [0.3, 0.4) is 0 Å². The third-order valence-corrected chi connectivity index (χ3v) is 4.71. The Hall–Kier alpha value is -3.54. The topological polar surface area (TPSA) is 86.8 Å². The molecule has 0 spiro atoms. The Morgan fingerprint density at radius 3 is 2.52 bits per heavy atom. The van der Waals surface area contributed by atoms with E-state index in [2.05, 4.69) is 21.9 Å². The van der Waals surface area contributed by atoms with Gasteiger partial charge in [-0.25, -0.2) is 15.0 Å². The number of aryl methyl sites for hydroxylation is 1. The second kappa shape index (κ2) is 6.64. The third-order valence-electron chi connectivity index (χ3n) is 4.71. The van der Waals surface area contributed by atoms with Gasteiger partial charge >= 0.3 is 0 Å². The van der Waals surface area contributed by atoms with Crippen LogP contribution >= 0.6 is 0 Å². The summed E-state index contributed by atoms with van der Waals surface area (Å²) in [7, 11) is 1.67. The van der Waals surface area contributed by atoms with Gasteiger partial charge in [-0.05, 0) is 43.7 Å². The number of methoxy groups -OCH3 is 1.